The minimum Gasteiger partial charge on any atom is -0.326 e. The first-order chi connectivity index (χ1) is 10.7. The summed E-state index contributed by atoms with van der Waals surface area (Å²) < 4.78 is 0. The van der Waals surface area contributed by atoms with Crippen molar-refractivity contribution >= 4 is 17.6 Å². The molecule has 0 saturated carbocycles. The second-order valence-electron chi connectivity index (χ2n) is 5.77. The zero-order valence-electron chi connectivity index (χ0n) is 13.2. The molecule has 0 bridgehead atoms. The van der Waals surface area contributed by atoms with Gasteiger partial charge in [0.2, 0.25) is 0 Å². The van der Waals surface area contributed by atoms with E-state index in [-0.39, 0.29) is 0 Å². The molecule has 0 spiro atoms. The Hall–Kier alpha value is -2.42. The number of benzene rings is 1. The van der Waals surface area contributed by atoms with Crippen molar-refractivity contribution in [1.82, 2.24) is 9.97 Å². The van der Waals surface area contributed by atoms with Gasteiger partial charge in [0.05, 0.1) is 5.69 Å². The minimum absolute atomic E-state index is 0.955. The maximum atomic E-state index is 4.55. The molecule has 3 rings (SSSR count). The summed E-state index contributed by atoms with van der Waals surface area (Å²) in [4.78, 5) is 11.3. The normalized spacial score (nSPS) is 14.2. The summed E-state index contributed by atoms with van der Waals surface area (Å²) in [7, 11) is 0. The summed E-state index contributed by atoms with van der Waals surface area (Å²) in [6, 6.07) is 8.59. The number of aromatic nitrogens is 2. The average molecular weight is 291 g/mol. The lowest BCUT2D eigenvalue weighted by Gasteiger charge is -2.31. The summed E-state index contributed by atoms with van der Waals surface area (Å²) in [6.45, 7) is 8.97. The highest BCUT2D eigenvalue weighted by Gasteiger charge is 2.20. The fourth-order valence-electron chi connectivity index (χ4n) is 2.87. The maximum absolute atomic E-state index is 4.55. The van der Waals surface area contributed by atoms with Crippen LogP contribution in [0.5, 0.6) is 0 Å². The number of nitrogens with zero attached hydrogens (tertiary/aromatic N) is 3. The lowest BCUT2D eigenvalue weighted by atomic mass is 10.0. The molecule has 0 atom stereocenters. The zero-order valence-corrected chi connectivity index (χ0v) is 13.2. The van der Waals surface area contributed by atoms with Gasteiger partial charge in [-0.05, 0) is 44.4 Å². The number of aryl methyl sites for hydroxylation is 1. The van der Waals surface area contributed by atoms with Crippen LogP contribution < -0.4 is 4.90 Å². The number of allylic oxidation sites excluding steroid dienone is 2. The van der Waals surface area contributed by atoms with Crippen molar-refractivity contribution in [3.05, 3.63) is 65.6 Å². The summed E-state index contributed by atoms with van der Waals surface area (Å²) >= 11 is 0. The molecule has 0 fully saturated rings. The number of anilines is 2. The smallest absolute Gasteiger partial charge is 0.139 e. The molecule has 1 aromatic carbocycles. The Kier molecular flexibility index (Phi) is 4.05. The van der Waals surface area contributed by atoms with Crippen LogP contribution in [0.3, 0.4) is 0 Å². The minimum atomic E-state index is 0.955. The molecule has 3 heteroatoms. The van der Waals surface area contributed by atoms with Crippen LogP contribution in [0, 0.1) is 6.92 Å². The largest absolute Gasteiger partial charge is 0.326 e. The number of hydrogen-bond acceptors (Lipinski definition) is 3. The van der Waals surface area contributed by atoms with E-state index in [1.807, 2.05) is 19.1 Å². The van der Waals surface area contributed by atoms with Gasteiger partial charge in [0, 0.05) is 17.8 Å². The van der Waals surface area contributed by atoms with Crippen molar-refractivity contribution in [3.63, 3.8) is 0 Å². The number of rotatable bonds is 3. The van der Waals surface area contributed by atoms with Gasteiger partial charge >= 0.3 is 0 Å². The molecule has 3 nitrogen and oxygen atoms in total. The molecule has 0 saturated heterocycles. The lowest BCUT2D eigenvalue weighted by Crippen LogP contribution is -2.26. The first-order valence-corrected chi connectivity index (χ1v) is 7.67. The van der Waals surface area contributed by atoms with E-state index < -0.39 is 0 Å². The van der Waals surface area contributed by atoms with E-state index in [4.69, 9.17) is 0 Å². The molecule has 112 valence electrons. The van der Waals surface area contributed by atoms with Crippen LogP contribution in [-0.2, 0) is 6.42 Å². The van der Waals surface area contributed by atoms with Gasteiger partial charge in [0.1, 0.15) is 12.1 Å². The topological polar surface area (TPSA) is 29.0 Å². The van der Waals surface area contributed by atoms with E-state index in [1.165, 1.54) is 11.3 Å². The molecule has 0 amide bonds. The molecule has 2 aromatic rings. The average Bonchev–Trinajstić information content (AvgIpc) is 2.53. The highest BCUT2D eigenvalue weighted by Crippen LogP contribution is 2.34. The molecule has 1 aliphatic rings. The molecular formula is C19H21N3. The standard InChI is InChI=1S/C19H21N3/c1-14(2)10-11-17-15(3)19(21-13-20-17)22-12-6-8-16-7-4-5-9-18(16)22/h4-5,7,9-11,13H,1,6,8,12H2,2-3H3. The van der Waals surface area contributed by atoms with Crippen LogP contribution in [0.25, 0.3) is 6.08 Å². The quantitative estimate of drug-likeness (QED) is 0.782. The van der Waals surface area contributed by atoms with Crippen molar-refractivity contribution in [1.29, 1.82) is 0 Å². The number of fused-ring (bicyclic) bond motifs is 1. The fraction of sp³-hybridized carbons (Fsp3) is 0.263. The van der Waals surface area contributed by atoms with Gasteiger partial charge in [-0.1, -0.05) is 36.4 Å². The molecule has 22 heavy (non-hydrogen) atoms. The van der Waals surface area contributed by atoms with Crippen molar-refractivity contribution in [2.45, 2.75) is 26.7 Å². The van der Waals surface area contributed by atoms with E-state index in [2.05, 4.69) is 52.6 Å². The first kappa shape index (κ1) is 14.5. The predicted octanol–water partition coefficient (Wildman–Crippen LogP) is 4.46. The zero-order chi connectivity index (χ0) is 15.5. The third-order valence-electron chi connectivity index (χ3n) is 3.99. The Morgan fingerprint density at radius 3 is 2.91 bits per heavy atom. The first-order valence-electron chi connectivity index (χ1n) is 7.67. The summed E-state index contributed by atoms with van der Waals surface area (Å²) in [6.07, 6.45) is 7.94. The second kappa shape index (κ2) is 6.14. The van der Waals surface area contributed by atoms with Gasteiger partial charge < -0.3 is 4.90 Å². The molecule has 1 aliphatic heterocycles. The van der Waals surface area contributed by atoms with Crippen LogP contribution in [0.1, 0.15) is 30.2 Å². The molecule has 1 aromatic heterocycles. The number of hydrogen-bond donors (Lipinski definition) is 0. The molecule has 0 unspecified atom stereocenters. The summed E-state index contributed by atoms with van der Waals surface area (Å²) in [5.74, 6) is 1.00. The molecular weight excluding hydrogens is 270 g/mol. The third-order valence-corrected chi connectivity index (χ3v) is 3.99. The van der Waals surface area contributed by atoms with Crippen molar-refractivity contribution in [2.75, 3.05) is 11.4 Å². The fourth-order valence-corrected chi connectivity index (χ4v) is 2.87. The van der Waals surface area contributed by atoms with Crippen LogP contribution in [0.15, 0.2) is 48.8 Å². The van der Waals surface area contributed by atoms with Gasteiger partial charge in [-0.15, -0.1) is 0 Å². The second-order valence-corrected chi connectivity index (χ2v) is 5.77. The Morgan fingerprint density at radius 1 is 1.27 bits per heavy atom. The summed E-state index contributed by atoms with van der Waals surface area (Å²) in [5, 5.41) is 0. The van der Waals surface area contributed by atoms with E-state index in [0.29, 0.717) is 0 Å². The van der Waals surface area contributed by atoms with Crippen LogP contribution in [-0.4, -0.2) is 16.5 Å². The number of para-hydroxylation sites is 1. The molecule has 0 radical (unpaired) electrons. The van der Waals surface area contributed by atoms with Crippen molar-refractivity contribution < 1.29 is 0 Å². The Labute approximate surface area is 132 Å². The van der Waals surface area contributed by atoms with Gasteiger partial charge in [-0.3, -0.25) is 0 Å². The SMILES string of the molecule is C=C(C)C=Cc1ncnc(N2CCCc3ccccc32)c1C. The Morgan fingerprint density at radius 2 is 2.09 bits per heavy atom. The van der Waals surface area contributed by atoms with Crippen LogP contribution >= 0.6 is 0 Å². The third kappa shape index (κ3) is 2.80. The van der Waals surface area contributed by atoms with Crippen molar-refractivity contribution in [2.24, 2.45) is 0 Å². The lowest BCUT2D eigenvalue weighted by molar-refractivity contribution is 0.756. The van der Waals surface area contributed by atoms with Gasteiger partial charge in [0.15, 0.2) is 0 Å². The van der Waals surface area contributed by atoms with E-state index in [0.717, 1.165) is 42.0 Å². The Balaban J connectivity index is 2.03. The van der Waals surface area contributed by atoms with Gasteiger partial charge in [-0.2, -0.15) is 0 Å². The molecule has 0 aliphatic carbocycles. The highest BCUT2D eigenvalue weighted by atomic mass is 15.2. The van der Waals surface area contributed by atoms with Gasteiger partial charge in [-0.25, -0.2) is 9.97 Å². The van der Waals surface area contributed by atoms with E-state index in [1.54, 1.807) is 6.33 Å². The van der Waals surface area contributed by atoms with Crippen LogP contribution in [0.2, 0.25) is 0 Å². The maximum Gasteiger partial charge on any atom is 0.139 e. The van der Waals surface area contributed by atoms with Crippen LogP contribution in [0.4, 0.5) is 11.5 Å². The van der Waals surface area contributed by atoms with Crippen molar-refractivity contribution in [3.8, 4) is 0 Å². The summed E-state index contributed by atoms with van der Waals surface area (Å²) in [5.41, 5.74) is 5.74. The van der Waals surface area contributed by atoms with Gasteiger partial charge in [0.25, 0.3) is 0 Å². The predicted molar refractivity (Wildman–Crippen MR) is 92.4 cm³/mol. The highest BCUT2D eigenvalue weighted by molar-refractivity contribution is 5.70. The molecule has 2 heterocycles. The molecule has 0 N–H and O–H groups in total. The van der Waals surface area contributed by atoms with E-state index in [9.17, 15) is 0 Å². The Bertz CT molecular complexity index is 731. The monoisotopic (exact) mass is 291 g/mol. The van der Waals surface area contributed by atoms with E-state index >= 15 is 0 Å².